The number of cyclic esters (lactones) is 1. The molecule has 3 rings (SSSR count). The first-order chi connectivity index (χ1) is 10.7. The topological polar surface area (TPSA) is 73.2 Å². The molecule has 0 radical (unpaired) electrons. The van der Waals surface area contributed by atoms with Crippen molar-refractivity contribution in [3.05, 3.63) is 54.1 Å². The summed E-state index contributed by atoms with van der Waals surface area (Å²) in [6.45, 7) is 1.32. The van der Waals surface area contributed by atoms with Crippen molar-refractivity contribution in [3.63, 3.8) is 0 Å². The Kier molecular flexibility index (Phi) is 4.18. The molecule has 1 aliphatic rings. The van der Waals surface area contributed by atoms with Gasteiger partial charge in [-0.2, -0.15) is 0 Å². The monoisotopic (exact) mass is 299 g/mol. The molecule has 0 spiro atoms. The van der Waals surface area contributed by atoms with Gasteiger partial charge < -0.3 is 14.6 Å². The van der Waals surface area contributed by atoms with Crippen LogP contribution in [0.5, 0.6) is 0 Å². The molecule has 114 valence electrons. The Labute approximate surface area is 128 Å². The zero-order valence-electron chi connectivity index (χ0n) is 12.1. The summed E-state index contributed by atoms with van der Waals surface area (Å²) >= 11 is 0. The van der Waals surface area contributed by atoms with Gasteiger partial charge in [-0.1, -0.05) is 18.2 Å². The predicted molar refractivity (Wildman–Crippen MR) is 79.2 cm³/mol. The smallest absolute Gasteiger partial charge is 0.339 e. The first-order valence-electron chi connectivity index (χ1n) is 7.26. The van der Waals surface area contributed by atoms with Crippen LogP contribution in [0.2, 0.25) is 0 Å². The molecule has 1 atom stereocenters. The van der Waals surface area contributed by atoms with Crippen molar-refractivity contribution in [2.24, 2.45) is 0 Å². The van der Waals surface area contributed by atoms with E-state index in [9.17, 15) is 9.59 Å². The lowest BCUT2D eigenvalue weighted by atomic mass is 9.98. The lowest BCUT2D eigenvalue weighted by molar-refractivity contribution is -0.130. The maximum atomic E-state index is 12.1. The number of aromatic nitrogens is 2. The predicted octanol–water partition coefficient (Wildman–Crippen LogP) is 1.17. The first-order valence-corrected chi connectivity index (χ1v) is 7.26. The van der Waals surface area contributed by atoms with Gasteiger partial charge in [0, 0.05) is 31.9 Å². The number of rotatable bonds is 5. The van der Waals surface area contributed by atoms with E-state index in [4.69, 9.17) is 4.74 Å². The number of aryl methyl sites for hydroxylation is 1. The van der Waals surface area contributed by atoms with Gasteiger partial charge in [-0.15, -0.1) is 0 Å². The van der Waals surface area contributed by atoms with E-state index >= 15 is 0 Å². The molecule has 0 aliphatic carbocycles. The second-order valence-corrected chi connectivity index (χ2v) is 5.20. The molecule has 1 aliphatic heterocycles. The Hall–Kier alpha value is -2.63. The lowest BCUT2D eigenvalue weighted by Crippen LogP contribution is -2.42. The molecule has 0 bridgehead atoms. The fourth-order valence-electron chi connectivity index (χ4n) is 2.48. The molecule has 0 saturated carbocycles. The van der Waals surface area contributed by atoms with Crippen LogP contribution < -0.4 is 5.32 Å². The number of benzene rings is 1. The summed E-state index contributed by atoms with van der Waals surface area (Å²) in [7, 11) is 0. The van der Waals surface area contributed by atoms with Crippen molar-refractivity contribution < 1.29 is 14.3 Å². The number of fused-ring (bicyclic) bond motifs is 1. The third-order valence-corrected chi connectivity index (χ3v) is 3.64. The third kappa shape index (κ3) is 3.16. The van der Waals surface area contributed by atoms with Gasteiger partial charge in [-0.05, 0) is 18.1 Å². The average Bonchev–Trinajstić information content (AvgIpc) is 3.04. The maximum absolute atomic E-state index is 12.1. The molecule has 1 aromatic carbocycles. The van der Waals surface area contributed by atoms with Crippen molar-refractivity contribution in [1.29, 1.82) is 0 Å². The Morgan fingerprint density at radius 2 is 2.27 bits per heavy atom. The van der Waals surface area contributed by atoms with Crippen LogP contribution in [0.4, 0.5) is 0 Å². The minimum atomic E-state index is -0.740. The van der Waals surface area contributed by atoms with Crippen molar-refractivity contribution in [1.82, 2.24) is 14.9 Å². The summed E-state index contributed by atoms with van der Waals surface area (Å²) < 4.78 is 7.16. The SMILES string of the molecule is O=C1OC(C(=O)NCCCn2ccnc2)Cc2ccccc21. The highest BCUT2D eigenvalue weighted by Crippen LogP contribution is 2.20. The number of amides is 1. The van der Waals surface area contributed by atoms with Gasteiger partial charge in [0.15, 0.2) is 6.10 Å². The fourth-order valence-corrected chi connectivity index (χ4v) is 2.48. The highest BCUT2D eigenvalue weighted by Gasteiger charge is 2.30. The number of hydrogen-bond acceptors (Lipinski definition) is 4. The van der Waals surface area contributed by atoms with Gasteiger partial charge in [0.25, 0.3) is 5.91 Å². The van der Waals surface area contributed by atoms with Gasteiger partial charge in [0.2, 0.25) is 0 Å². The van der Waals surface area contributed by atoms with Crippen LogP contribution >= 0.6 is 0 Å². The fraction of sp³-hybridized carbons (Fsp3) is 0.312. The quantitative estimate of drug-likeness (QED) is 0.664. The zero-order chi connectivity index (χ0) is 15.4. The summed E-state index contributed by atoms with van der Waals surface area (Å²) in [4.78, 5) is 27.9. The van der Waals surface area contributed by atoms with E-state index < -0.39 is 12.1 Å². The largest absolute Gasteiger partial charge is 0.448 e. The zero-order valence-corrected chi connectivity index (χ0v) is 12.1. The molecule has 1 N–H and O–H groups in total. The molecule has 6 heteroatoms. The summed E-state index contributed by atoms with van der Waals surface area (Å²) in [6, 6.07) is 7.22. The molecule has 22 heavy (non-hydrogen) atoms. The minimum Gasteiger partial charge on any atom is -0.448 e. The van der Waals surface area contributed by atoms with E-state index in [-0.39, 0.29) is 5.91 Å². The number of imidazole rings is 1. The Morgan fingerprint density at radius 3 is 3.09 bits per heavy atom. The molecule has 1 unspecified atom stereocenters. The van der Waals surface area contributed by atoms with Crippen molar-refractivity contribution in [2.75, 3.05) is 6.54 Å². The van der Waals surface area contributed by atoms with E-state index in [2.05, 4.69) is 10.3 Å². The molecule has 0 fully saturated rings. The number of carbonyl (C=O) groups excluding carboxylic acids is 2. The highest BCUT2D eigenvalue weighted by molar-refractivity contribution is 5.95. The van der Waals surface area contributed by atoms with Gasteiger partial charge in [0.05, 0.1) is 11.9 Å². The Morgan fingerprint density at radius 1 is 1.41 bits per heavy atom. The normalized spacial score (nSPS) is 16.7. The molecule has 6 nitrogen and oxygen atoms in total. The molecular weight excluding hydrogens is 282 g/mol. The van der Waals surface area contributed by atoms with Gasteiger partial charge in [0.1, 0.15) is 0 Å². The number of nitrogens with zero attached hydrogens (tertiary/aromatic N) is 2. The van der Waals surface area contributed by atoms with Crippen molar-refractivity contribution in [2.45, 2.75) is 25.5 Å². The molecule has 0 saturated heterocycles. The van der Waals surface area contributed by atoms with E-state index in [1.807, 2.05) is 22.9 Å². The number of hydrogen-bond donors (Lipinski definition) is 1. The summed E-state index contributed by atoms with van der Waals surface area (Å²) in [5.74, 6) is -0.672. The van der Waals surface area contributed by atoms with Crippen LogP contribution in [0.15, 0.2) is 43.0 Å². The molecule has 2 aromatic rings. The van der Waals surface area contributed by atoms with Crippen LogP contribution in [0.3, 0.4) is 0 Å². The molecule has 2 heterocycles. The Bertz CT molecular complexity index is 667. The maximum Gasteiger partial charge on any atom is 0.339 e. The minimum absolute atomic E-state index is 0.242. The number of esters is 1. The van der Waals surface area contributed by atoms with Crippen LogP contribution in [-0.4, -0.2) is 34.1 Å². The number of ether oxygens (including phenoxy) is 1. The van der Waals surface area contributed by atoms with Crippen LogP contribution in [0.25, 0.3) is 0 Å². The van der Waals surface area contributed by atoms with Crippen molar-refractivity contribution in [3.8, 4) is 0 Å². The average molecular weight is 299 g/mol. The van der Waals surface area contributed by atoms with Crippen LogP contribution in [-0.2, 0) is 22.5 Å². The first kappa shape index (κ1) is 14.3. The van der Waals surface area contributed by atoms with E-state index in [0.717, 1.165) is 18.5 Å². The lowest BCUT2D eigenvalue weighted by Gasteiger charge is -2.23. The van der Waals surface area contributed by atoms with Crippen molar-refractivity contribution >= 4 is 11.9 Å². The highest BCUT2D eigenvalue weighted by atomic mass is 16.5. The molecular formula is C16H17N3O3. The summed E-state index contributed by atoms with van der Waals surface area (Å²) in [5.41, 5.74) is 1.41. The number of nitrogens with one attached hydrogen (secondary N) is 1. The van der Waals surface area contributed by atoms with E-state index in [1.54, 1.807) is 24.7 Å². The molecule has 1 amide bonds. The Balaban J connectivity index is 1.50. The summed E-state index contributed by atoms with van der Waals surface area (Å²) in [5, 5.41) is 2.82. The third-order valence-electron chi connectivity index (χ3n) is 3.64. The van der Waals surface area contributed by atoms with Gasteiger partial charge >= 0.3 is 5.97 Å². The van der Waals surface area contributed by atoms with E-state index in [0.29, 0.717) is 18.5 Å². The van der Waals surface area contributed by atoms with Crippen LogP contribution in [0, 0.1) is 0 Å². The molecule has 1 aromatic heterocycles. The van der Waals surface area contributed by atoms with Gasteiger partial charge in [-0.25, -0.2) is 9.78 Å². The second kappa shape index (κ2) is 6.43. The van der Waals surface area contributed by atoms with Gasteiger partial charge in [-0.3, -0.25) is 4.79 Å². The number of carbonyl (C=O) groups is 2. The second-order valence-electron chi connectivity index (χ2n) is 5.20. The van der Waals surface area contributed by atoms with Crippen LogP contribution in [0.1, 0.15) is 22.3 Å². The summed E-state index contributed by atoms with van der Waals surface area (Å²) in [6.07, 6.45) is 5.81. The van der Waals surface area contributed by atoms with E-state index in [1.165, 1.54) is 0 Å². The standard InChI is InChI=1S/C16H17N3O3/c20-15(18-6-3-8-19-9-7-17-11-19)14-10-12-4-1-2-5-13(12)16(21)22-14/h1-2,4-5,7,9,11,14H,3,6,8,10H2,(H,18,20).